The molecule has 2 aliphatic rings. The predicted octanol–water partition coefficient (Wildman–Crippen LogP) is 2.48. The standard InChI is InChI=1S/C14H28N2/c1-10-4-11(2)6-14(5-10)16(3)9-12-7-13(15)8-12/h10-14H,4-9,15H2,1-3H3. The Labute approximate surface area is 101 Å². The Balaban J connectivity index is 1.77. The molecule has 2 fully saturated rings. The second kappa shape index (κ2) is 5.05. The SMILES string of the molecule is CC1CC(C)CC(N(C)CC2CC(N)C2)C1. The van der Waals surface area contributed by atoms with Gasteiger partial charge in [-0.1, -0.05) is 13.8 Å². The van der Waals surface area contributed by atoms with Gasteiger partial charge in [0.2, 0.25) is 0 Å². The highest BCUT2D eigenvalue weighted by atomic mass is 15.1. The van der Waals surface area contributed by atoms with Gasteiger partial charge in [-0.15, -0.1) is 0 Å². The Bertz CT molecular complexity index is 213. The summed E-state index contributed by atoms with van der Waals surface area (Å²) in [6.07, 6.45) is 6.74. The molecule has 2 aliphatic carbocycles. The van der Waals surface area contributed by atoms with Crippen LogP contribution in [0.4, 0.5) is 0 Å². The van der Waals surface area contributed by atoms with E-state index >= 15 is 0 Å². The number of hydrogen-bond acceptors (Lipinski definition) is 2. The Kier molecular flexibility index (Phi) is 3.91. The van der Waals surface area contributed by atoms with Gasteiger partial charge in [0, 0.05) is 18.6 Å². The van der Waals surface area contributed by atoms with Gasteiger partial charge in [0.1, 0.15) is 0 Å². The molecule has 0 aromatic carbocycles. The van der Waals surface area contributed by atoms with Gasteiger partial charge in [-0.3, -0.25) is 0 Å². The van der Waals surface area contributed by atoms with E-state index in [0.29, 0.717) is 6.04 Å². The molecular formula is C14H28N2. The molecule has 2 unspecified atom stereocenters. The van der Waals surface area contributed by atoms with Gasteiger partial charge in [0.15, 0.2) is 0 Å². The van der Waals surface area contributed by atoms with Gasteiger partial charge in [0.25, 0.3) is 0 Å². The molecule has 2 saturated carbocycles. The van der Waals surface area contributed by atoms with E-state index in [0.717, 1.165) is 23.8 Å². The summed E-state index contributed by atoms with van der Waals surface area (Å²) in [5.74, 6) is 2.72. The number of hydrogen-bond donors (Lipinski definition) is 1. The molecule has 0 aromatic heterocycles. The summed E-state index contributed by atoms with van der Waals surface area (Å²) in [6, 6.07) is 1.33. The Hall–Kier alpha value is -0.0800. The van der Waals surface area contributed by atoms with E-state index < -0.39 is 0 Å². The first-order valence-electron chi connectivity index (χ1n) is 7.00. The third kappa shape index (κ3) is 2.98. The molecule has 0 saturated heterocycles. The van der Waals surface area contributed by atoms with Gasteiger partial charge in [0.05, 0.1) is 0 Å². The molecule has 2 atom stereocenters. The summed E-state index contributed by atoms with van der Waals surface area (Å²) in [6.45, 7) is 6.10. The Morgan fingerprint density at radius 3 is 2.06 bits per heavy atom. The summed E-state index contributed by atoms with van der Waals surface area (Å²) in [4.78, 5) is 2.61. The summed E-state index contributed by atoms with van der Waals surface area (Å²) < 4.78 is 0. The van der Waals surface area contributed by atoms with Crippen molar-refractivity contribution < 1.29 is 0 Å². The normalized spacial score (nSPS) is 44.4. The second-order valence-corrected chi connectivity index (χ2v) is 6.61. The predicted molar refractivity (Wildman–Crippen MR) is 69.3 cm³/mol. The fourth-order valence-corrected chi connectivity index (χ4v) is 3.76. The highest BCUT2D eigenvalue weighted by molar-refractivity contribution is 4.87. The molecule has 0 aromatic rings. The van der Waals surface area contributed by atoms with Gasteiger partial charge >= 0.3 is 0 Å². The van der Waals surface area contributed by atoms with Crippen molar-refractivity contribution in [3.63, 3.8) is 0 Å². The van der Waals surface area contributed by atoms with Crippen LogP contribution in [0.3, 0.4) is 0 Å². The van der Waals surface area contributed by atoms with Crippen molar-refractivity contribution in [2.75, 3.05) is 13.6 Å². The van der Waals surface area contributed by atoms with Crippen LogP contribution in [0.5, 0.6) is 0 Å². The lowest BCUT2D eigenvalue weighted by Gasteiger charge is -2.41. The molecule has 0 radical (unpaired) electrons. The minimum atomic E-state index is 0.502. The zero-order valence-corrected chi connectivity index (χ0v) is 11.2. The fraction of sp³-hybridized carbons (Fsp3) is 1.00. The maximum Gasteiger partial charge on any atom is 0.00974 e. The zero-order valence-electron chi connectivity index (χ0n) is 11.2. The van der Waals surface area contributed by atoms with Gasteiger partial charge < -0.3 is 10.6 Å². The smallest absolute Gasteiger partial charge is 0.00974 e. The van der Waals surface area contributed by atoms with Crippen molar-refractivity contribution in [2.45, 2.75) is 58.0 Å². The Morgan fingerprint density at radius 2 is 1.56 bits per heavy atom. The molecular weight excluding hydrogens is 196 g/mol. The van der Waals surface area contributed by atoms with Crippen LogP contribution in [-0.4, -0.2) is 30.6 Å². The molecule has 0 bridgehead atoms. The first kappa shape index (κ1) is 12.4. The maximum absolute atomic E-state index is 5.85. The molecule has 0 aliphatic heterocycles. The molecule has 94 valence electrons. The average molecular weight is 224 g/mol. The van der Waals surface area contributed by atoms with Crippen LogP contribution in [0.2, 0.25) is 0 Å². The lowest BCUT2D eigenvalue weighted by molar-refractivity contribution is 0.0941. The molecule has 2 heteroatoms. The van der Waals surface area contributed by atoms with Crippen LogP contribution in [-0.2, 0) is 0 Å². The molecule has 2 rings (SSSR count). The van der Waals surface area contributed by atoms with Gasteiger partial charge in [-0.2, -0.15) is 0 Å². The van der Waals surface area contributed by atoms with Crippen LogP contribution in [0.15, 0.2) is 0 Å². The molecule has 2 N–H and O–H groups in total. The van der Waals surface area contributed by atoms with Crippen molar-refractivity contribution in [2.24, 2.45) is 23.5 Å². The summed E-state index contributed by atoms with van der Waals surface area (Å²) in [7, 11) is 2.32. The van der Waals surface area contributed by atoms with Crippen molar-refractivity contribution in [3.05, 3.63) is 0 Å². The van der Waals surface area contributed by atoms with Gasteiger partial charge in [-0.25, -0.2) is 0 Å². The Morgan fingerprint density at radius 1 is 1.00 bits per heavy atom. The maximum atomic E-state index is 5.85. The molecule has 0 heterocycles. The van der Waals surface area contributed by atoms with E-state index in [1.807, 2.05) is 0 Å². The third-order valence-electron chi connectivity index (χ3n) is 4.60. The van der Waals surface area contributed by atoms with E-state index in [2.05, 4.69) is 25.8 Å². The number of nitrogens with zero attached hydrogens (tertiary/aromatic N) is 1. The highest BCUT2D eigenvalue weighted by Crippen LogP contribution is 2.33. The minimum absolute atomic E-state index is 0.502. The van der Waals surface area contributed by atoms with E-state index in [9.17, 15) is 0 Å². The molecule has 2 nitrogen and oxygen atoms in total. The zero-order chi connectivity index (χ0) is 11.7. The van der Waals surface area contributed by atoms with Crippen LogP contribution in [0.1, 0.15) is 46.0 Å². The van der Waals surface area contributed by atoms with E-state index in [4.69, 9.17) is 5.73 Å². The average Bonchev–Trinajstić information content (AvgIpc) is 2.13. The van der Waals surface area contributed by atoms with Crippen LogP contribution >= 0.6 is 0 Å². The first-order valence-corrected chi connectivity index (χ1v) is 7.00. The topological polar surface area (TPSA) is 29.3 Å². The monoisotopic (exact) mass is 224 g/mol. The quantitative estimate of drug-likeness (QED) is 0.798. The van der Waals surface area contributed by atoms with Gasteiger partial charge in [-0.05, 0) is 56.9 Å². The van der Waals surface area contributed by atoms with Crippen LogP contribution in [0, 0.1) is 17.8 Å². The molecule has 0 amide bonds. The van der Waals surface area contributed by atoms with Crippen LogP contribution in [0.25, 0.3) is 0 Å². The van der Waals surface area contributed by atoms with Crippen molar-refractivity contribution in [1.82, 2.24) is 4.90 Å². The molecule has 16 heavy (non-hydrogen) atoms. The largest absolute Gasteiger partial charge is 0.328 e. The van der Waals surface area contributed by atoms with Crippen molar-refractivity contribution in [1.29, 1.82) is 0 Å². The van der Waals surface area contributed by atoms with E-state index in [1.165, 1.54) is 38.6 Å². The number of nitrogens with two attached hydrogens (primary N) is 1. The number of rotatable bonds is 3. The third-order valence-corrected chi connectivity index (χ3v) is 4.60. The molecule has 0 spiro atoms. The first-order chi connectivity index (χ1) is 7.54. The van der Waals surface area contributed by atoms with Crippen LogP contribution < -0.4 is 5.73 Å². The lowest BCUT2D eigenvalue weighted by Crippen LogP contribution is -2.46. The van der Waals surface area contributed by atoms with E-state index in [-0.39, 0.29) is 0 Å². The van der Waals surface area contributed by atoms with Crippen molar-refractivity contribution >= 4 is 0 Å². The summed E-state index contributed by atoms with van der Waals surface area (Å²) in [5, 5.41) is 0. The van der Waals surface area contributed by atoms with E-state index in [1.54, 1.807) is 0 Å². The lowest BCUT2D eigenvalue weighted by atomic mass is 9.77. The summed E-state index contributed by atoms with van der Waals surface area (Å²) >= 11 is 0. The van der Waals surface area contributed by atoms with Crippen molar-refractivity contribution in [3.8, 4) is 0 Å². The minimum Gasteiger partial charge on any atom is -0.328 e. The highest BCUT2D eigenvalue weighted by Gasteiger charge is 2.31. The fourth-order valence-electron chi connectivity index (χ4n) is 3.76. The summed E-state index contributed by atoms with van der Waals surface area (Å²) in [5.41, 5.74) is 5.85. The second-order valence-electron chi connectivity index (χ2n) is 6.61.